The van der Waals surface area contributed by atoms with Crippen LogP contribution < -0.4 is 5.32 Å². The van der Waals surface area contributed by atoms with Gasteiger partial charge >= 0.3 is 0 Å². The van der Waals surface area contributed by atoms with Gasteiger partial charge in [-0.2, -0.15) is 0 Å². The molecule has 0 spiro atoms. The molecule has 0 aliphatic heterocycles. The number of nitrogens with one attached hydrogen (secondary N) is 1. The van der Waals surface area contributed by atoms with Gasteiger partial charge in [-0.05, 0) is 59.5 Å². The average molecular weight is 380 g/mol. The monoisotopic (exact) mass is 379 g/mol. The van der Waals surface area contributed by atoms with E-state index in [2.05, 4.69) is 27.9 Å². The van der Waals surface area contributed by atoms with Gasteiger partial charge in [-0.1, -0.05) is 6.42 Å². The van der Waals surface area contributed by atoms with Gasteiger partial charge in [0.05, 0.1) is 5.56 Å². The summed E-state index contributed by atoms with van der Waals surface area (Å²) < 4.78 is 0.927. The van der Waals surface area contributed by atoms with Gasteiger partial charge in [0.2, 0.25) is 0 Å². The largest absolute Gasteiger partial charge is 0.507 e. The zero-order chi connectivity index (χ0) is 13.1. The number of phenolic OH excluding ortho intramolecular Hbond substituents is 1. The first-order chi connectivity index (χ1) is 8.61. The van der Waals surface area contributed by atoms with E-state index < -0.39 is 0 Å². The molecule has 0 bridgehead atoms. The Hall–Kier alpha value is -0.490. The third-order valence-electron chi connectivity index (χ3n) is 3.38. The number of carbonyl (C=O) groups is 1. The van der Waals surface area contributed by atoms with Crippen molar-refractivity contribution >= 4 is 40.1 Å². The second-order valence-electron chi connectivity index (χ2n) is 4.59. The second kappa shape index (κ2) is 6.10. The van der Waals surface area contributed by atoms with Gasteiger partial charge in [0.25, 0.3) is 5.91 Å². The van der Waals surface area contributed by atoms with E-state index in [0.717, 1.165) is 22.8 Å². The number of carbonyl (C=O) groups excluding carboxylic acids is 1. The molecular weight excluding hydrogens is 365 g/mol. The van der Waals surface area contributed by atoms with Gasteiger partial charge in [0, 0.05) is 15.5 Å². The number of hydrogen-bond acceptors (Lipinski definition) is 2. The molecule has 1 amide bonds. The highest BCUT2D eigenvalue weighted by atomic mass is 127. The van der Waals surface area contributed by atoms with E-state index in [0.29, 0.717) is 17.4 Å². The normalized spacial score (nSPS) is 23.0. The summed E-state index contributed by atoms with van der Waals surface area (Å²) in [5, 5.41) is 12.7. The minimum atomic E-state index is -0.215. The molecular formula is C13H15ClINO2. The fourth-order valence-corrected chi connectivity index (χ4v) is 3.21. The van der Waals surface area contributed by atoms with E-state index in [1.54, 1.807) is 18.2 Å². The summed E-state index contributed by atoms with van der Waals surface area (Å²) in [4.78, 5) is 12.1. The number of halogens is 2. The van der Waals surface area contributed by atoms with E-state index >= 15 is 0 Å². The molecule has 98 valence electrons. The van der Waals surface area contributed by atoms with Crippen molar-refractivity contribution in [3.63, 3.8) is 0 Å². The van der Waals surface area contributed by atoms with E-state index in [1.807, 2.05) is 0 Å². The zero-order valence-corrected chi connectivity index (χ0v) is 12.7. The number of amides is 1. The van der Waals surface area contributed by atoms with Crippen LogP contribution in [0, 0.1) is 9.49 Å². The maximum atomic E-state index is 12.1. The lowest BCUT2D eigenvalue weighted by atomic mass is 10.1. The topological polar surface area (TPSA) is 49.3 Å². The van der Waals surface area contributed by atoms with Crippen molar-refractivity contribution in [1.82, 2.24) is 5.32 Å². The first-order valence-electron chi connectivity index (χ1n) is 5.97. The zero-order valence-electron chi connectivity index (χ0n) is 9.83. The van der Waals surface area contributed by atoms with Gasteiger partial charge in [0.15, 0.2) is 0 Å². The summed E-state index contributed by atoms with van der Waals surface area (Å²) in [6.07, 6.45) is 3.13. The maximum Gasteiger partial charge on any atom is 0.255 e. The van der Waals surface area contributed by atoms with E-state index in [1.165, 1.54) is 0 Å². The van der Waals surface area contributed by atoms with Crippen molar-refractivity contribution in [3.05, 3.63) is 27.3 Å². The molecule has 2 rings (SSSR count). The molecule has 0 saturated heterocycles. The first-order valence-corrected chi connectivity index (χ1v) is 7.58. The van der Waals surface area contributed by atoms with Crippen molar-refractivity contribution in [2.45, 2.75) is 25.3 Å². The summed E-state index contributed by atoms with van der Waals surface area (Å²) in [6, 6.07) is 5.14. The molecule has 0 aromatic heterocycles. The number of hydrogen-bond donors (Lipinski definition) is 2. The molecule has 2 unspecified atom stereocenters. The smallest absolute Gasteiger partial charge is 0.255 e. The first kappa shape index (κ1) is 13.9. The van der Waals surface area contributed by atoms with E-state index in [9.17, 15) is 9.90 Å². The van der Waals surface area contributed by atoms with Crippen LogP contribution in [-0.4, -0.2) is 22.9 Å². The lowest BCUT2D eigenvalue weighted by Gasteiger charge is -2.19. The van der Waals surface area contributed by atoms with Crippen molar-refractivity contribution in [1.29, 1.82) is 0 Å². The van der Waals surface area contributed by atoms with Crippen LogP contribution in [-0.2, 0) is 0 Å². The van der Waals surface area contributed by atoms with Crippen molar-refractivity contribution in [2.24, 2.45) is 5.92 Å². The Morgan fingerprint density at radius 1 is 1.50 bits per heavy atom. The van der Waals surface area contributed by atoms with E-state index in [-0.39, 0.29) is 17.7 Å². The van der Waals surface area contributed by atoms with Crippen LogP contribution in [0.4, 0.5) is 0 Å². The van der Waals surface area contributed by atoms with Gasteiger partial charge in [-0.15, -0.1) is 11.6 Å². The molecule has 3 nitrogen and oxygen atoms in total. The second-order valence-corrected chi connectivity index (χ2v) is 6.14. The third kappa shape index (κ3) is 3.09. The highest BCUT2D eigenvalue weighted by Gasteiger charge is 2.28. The molecule has 5 heteroatoms. The van der Waals surface area contributed by atoms with Gasteiger partial charge in [-0.25, -0.2) is 0 Å². The van der Waals surface area contributed by atoms with Gasteiger partial charge < -0.3 is 10.4 Å². The standard InChI is InChI=1S/C13H15ClINO2/c14-7-8-2-1-3-11(8)16-13(18)10-6-9(15)4-5-12(10)17/h4-6,8,11,17H,1-3,7H2,(H,16,18). The number of aromatic hydroxyl groups is 1. The Balaban J connectivity index is 2.09. The number of phenols is 1. The van der Waals surface area contributed by atoms with Crippen molar-refractivity contribution in [3.8, 4) is 5.75 Å². The van der Waals surface area contributed by atoms with Crippen LogP contribution in [0.25, 0.3) is 0 Å². The Morgan fingerprint density at radius 2 is 2.28 bits per heavy atom. The minimum Gasteiger partial charge on any atom is -0.507 e. The minimum absolute atomic E-state index is 0.0216. The van der Waals surface area contributed by atoms with Gasteiger partial charge in [0.1, 0.15) is 5.75 Å². The average Bonchev–Trinajstić information content (AvgIpc) is 2.79. The molecule has 1 aliphatic carbocycles. The van der Waals surface area contributed by atoms with Crippen LogP contribution in [0.15, 0.2) is 18.2 Å². The third-order valence-corrected chi connectivity index (χ3v) is 4.44. The molecule has 2 N–H and O–H groups in total. The molecule has 2 atom stereocenters. The number of benzene rings is 1. The van der Waals surface area contributed by atoms with E-state index in [4.69, 9.17) is 11.6 Å². The van der Waals surface area contributed by atoms with Crippen LogP contribution in [0.3, 0.4) is 0 Å². The highest BCUT2D eigenvalue weighted by Crippen LogP contribution is 2.27. The Labute approximate surface area is 125 Å². The summed E-state index contributed by atoms with van der Waals surface area (Å²) in [7, 11) is 0. The molecule has 1 aromatic carbocycles. The Kier molecular flexibility index (Phi) is 4.72. The van der Waals surface area contributed by atoms with Crippen LogP contribution >= 0.6 is 34.2 Å². The quantitative estimate of drug-likeness (QED) is 0.626. The number of rotatable bonds is 3. The summed E-state index contributed by atoms with van der Waals surface area (Å²) >= 11 is 8.01. The molecule has 1 fully saturated rings. The van der Waals surface area contributed by atoms with Crippen molar-refractivity contribution in [2.75, 3.05) is 5.88 Å². The van der Waals surface area contributed by atoms with Crippen LogP contribution in [0.1, 0.15) is 29.6 Å². The lowest BCUT2D eigenvalue weighted by Crippen LogP contribution is -2.38. The predicted molar refractivity (Wildman–Crippen MR) is 80.1 cm³/mol. The molecule has 0 heterocycles. The fraction of sp³-hybridized carbons (Fsp3) is 0.462. The van der Waals surface area contributed by atoms with Gasteiger partial charge in [-0.3, -0.25) is 4.79 Å². The summed E-state index contributed by atoms with van der Waals surface area (Å²) in [5.41, 5.74) is 0.335. The molecule has 0 radical (unpaired) electrons. The van der Waals surface area contributed by atoms with Crippen molar-refractivity contribution < 1.29 is 9.90 Å². The summed E-state index contributed by atoms with van der Waals surface area (Å²) in [6.45, 7) is 0. The SMILES string of the molecule is O=C(NC1CCCC1CCl)c1cc(I)ccc1O. The molecule has 1 aromatic rings. The summed E-state index contributed by atoms with van der Waals surface area (Å²) in [5.74, 6) is 0.727. The lowest BCUT2D eigenvalue weighted by molar-refractivity contribution is 0.0927. The highest BCUT2D eigenvalue weighted by molar-refractivity contribution is 14.1. The number of alkyl halides is 1. The molecule has 18 heavy (non-hydrogen) atoms. The van der Waals surface area contributed by atoms with Crippen LogP contribution in [0.5, 0.6) is 5.75 Å². The van der Waals surface area contributed by atoms with Crippen LogP contribution in [0.2, 0.25) is 0 Å². The maximum absolute atomic E-state index is 12.1. The molecule has 1 saturated carbocycles. The predicted octanol–water partition coefficient (Wildman–Crippen LogP) is 3.13. The fourth-order valence-electron chi connectivity index (χ4n) is 2.35. The molecule has 1 aliphatic rings. The Bertz CT molecular complexity index is 453. The Morgan fingerprint density at radius 3 is 3.00 bits per heavy atom.